The Morgan fingerprint density at radius 2 is 2.00 bits per heavy atom. The van der Waals surface area contributed by atoms with Crippen LogP contribution in [0.5, 0.6) is 0 Å². The van der Waals surface area contributed by atoms with Crippen molar-refractivity contribution in [2.24, 2.45) is 5.84 Å². The monoisotopic (exact) mass is 287 g/mol. The molecule has 0 unspecified atom stereocenters. The average Bonchev–Trinajstić information content (AvgIpc) is 2.55. The first kappa shape index (κ1) is 15.2. The Hall–Kier alpha value is -2.18. The van der Waals surface area contributed by atoms with Crippen LogP contribution in [0.25, 0.3) is 11.4 Å². The molecule has 0 radical (unpaired) electrons. The van der Waals surface area contributed by atoms with Crippen molar-refractivity contribution in [2.45, 2.75) is 6.92 Å². The smallest absolute Gasteiger partial charge is 0.163 e. The summed E-state index contributed by atoms with van der Waals surface area (Å²) < 4.78 is 5.37. The lowest BCUT2D eigenvalue weighted by atomic mass is 10.2. The van der Waals surface area contributed by atoms with E-state index in [0.29, 0.717) is 24.9 Å². The van der Waals surface area contributed by atoms with Gasteiger partial charge in [0.15, 0.2) is 5.82 Å². The van der Waals surface area contributed by atoms with Crippen molar-refractivity contribution in [1.29, 1.82) is 0 Å². The number of nitrogens with zero attached hydrogens (tertiary/aromatic N) is 3. The minimum atomic E-state index is 0.585. The number of likely N-dealkylation sites (N-methyl/N-ethyl adjacent to an activating group) is 1. The van der Waals surface area contributed by atoms with Gasteiger partial charge in [-0.2, -0.15) is 0 Å². The zero-order valence-electron chi connectivity index (χ0n) is 12.4. The second-order valence-corrected chi connectivity index (χ2v) is 4.56. The maximum atomic E-state index is 5.50. The maximum Gasteiger partial charge on any atom is 0.163 e. The molecule has 0 fully saturated rings. The molecular formula is C15H21N5O. The Morgan fingerprint density at radius 3 is 2.67 bits per heavy atom. The van der Waals surface area contributed by atoms with Gasteiger partial charge in [0.1, 0.15) is 11.6 Å². The summed E-state index contributed by atoms with van der Waals surface area (Å²) in [5.74, 6) is 7.53. The van der Waals surface area contributed by atoms with Crippen LogP contribution >= 0.6 is 0 Å². The average molecular weight is 287 g/mol. The highest BCUT2D eigenvalue weighted by molar-refractivity contribution is 5.61. The molecule has 1 aromatic heterocycles. The molecule has 0 spiro atoms. The fourth-order valence-corrected chi connectivity index (χ4v) is 1.88. The molecule has 0 aliphatic heterocycles. The number of hydrogen-bond acceptors (Lipinski definition) is 6. The van der Waals surface area contributed by atoms with E-state index in [1.165, 1.54) is 0 Å². The van der Waals surface area contributed by atoms with Crippen molar-refractivity contribution < 1.29 is 4.74 Å². The van der Waals surface area contributed by atoms with E-state index in [9.17, 15) is 0 Å². The second-order valence-electron chi connectivity index (χ2n) is 4.56. The number of rotatable bonds is 7. The summed E-state index contributed by atoms with van der Waals surface area (Å²) in [5, 5.41) is 0. The summed E-state index contributed by atoms with van der Waals surface area (Å²) in [5.41, 5.74) is 3.54. The molecule has 0 amide bonds. The van der Waals surface area contributed by atoms with Crippen LogP contribution in [0, 0.1) is 0 Å². The topological polar surface area (TPSA) is 76.3 Å². The van der Waals surface area contributed by atoms with Crippen LogP contribution in [0.2, 0.25) is 0 Å². The fraction of sp³-hybridized carbons (Fsp3) is 0.333. The van der Waals surface area contributed by atoms with E-state index >= 15 is 0 Å². The summed E-state index contributed by atoms with van der Waals surface area (Å²) in [7, 11) is 1.97. The number of aromatic nitrogens is 2. The highest BCUT2D eigenvalue weighted by Crippen LogP contribution is 2.21. The van der Waals surface area contributed by atoms with E-state index in [1.807, 2.05) is 55.3 Å². The van der Waals surface area contributed by atoms with Crippen molar-refractivity contribution in [3.05, 3.63) is 36.4 Å². The molecule has 0 bridgehead atoms. The molecule has 112 valence electrons. The second kappa shape index (κ2) is 7.56. The predicted octanol–water partition coefficient (Wildman–Crippen LogP) is 1.90. The first-order chi connectivity index (χ1) is 10.2. The molecule has 2 aromatic rings. The van der Waals surface area contributed by atoms with Crippen molar-refractivity contribution in [1.82, 2.24) is 9.97 Å². The zero-order valence-corrected chi connectivity index (χ0v) is 12.4. The van der Waals surface area contributed by atoms with Crippen LogP contribution in [-0.2, 0) is 4.74 Å². The normalized spacial score (nSPS) is 10.4. The molecule has 0 aliphatic carbocycles. The van der Waals surface area contributed by atoms with Gasteiger partial charge in [-0.05, 0) is 6.92 Å². The Balaban J connectivity index is 2.25. The van der Waals surface area contributed by atoms with Crippen molar-refractivity contribution in [3.8, 4) is 11.4 Å². The van der Waals surface area contributed by atoms with E-state index in [1.54, 1.807) is 0 Å². The molecular weight excluding hydrogens is 266 g/mol. The molecule has 0 atom stereocenters. The largest absolute Gasteiger partial charge is 0.380 e. The quantitative estimate of drug-likeness (QED) is 0.460. The Morgan fingerprint density at radius 1 is 1.24 bits per heavy atom. The number of nitrogens with two attached hydrogens (primary N) is 1. The SMILES string of the molecule is CCOCCN(C)c1cc(NN)nc(-c2ccccc2)n1. The van der Waals surface area contributed by atoms with Crippen molar-refractivity contribution in [2.75, 3.05) is 37.1 Å². The lowest BCUT2D eigenvalue weighted by Crippen LogP contribution is -2.24. The molecule has 6 heteroatoms. The maximum absolute atomic E-state index is 5.50. The summed E-state index contributed by atoms with van der Waals surface area (Å²) in [6.45, 7) is 4.10. The number of ether oxygens (including phenoxy) is 1. The number of hydrazine groups is 1. The summed E-state index contributed by atoms with van der Waals surface area (Å²) in [6.07, 6.45) is 0. The van der Waals surface area contributed by atoms with Crippen LogP contribution in [0.3, 0.4) is 0 Å². The standard InChI is InChI=1S/C15H21N5O/c1-3-21-10-9-20(2)14-11-13(19-16)17-15(18-14)12-7-5-4-6-8-12/h4-8,11H,3,9-10,16H2,1-2H3,(H,17,18,19). The lowest BCUT2D eigenvalue weighted by molar-refractivity contribution is 0.154. The Labute approximate surface area is 124 Å². The molecule has 21 heavy (non-hydrogen) atoms. The van der Waals surface area contributed by atoms with Crippen LogP contribution in [0.4, 0.5) is 11.6 Å². The van der Waals surface area contributed by atoms with Crippen LogP contribution in [0.1, 0.15) is 6.92 Å². The molecule has 1 heterocycles. The number of benzene rings is 1. The molecule has 6 nitrogen and oxygen atoms in total. The third-order valence-electron chi connectivity index (χ3n) is 3.06. The van der Waals surface area contributed by atoms with Gasteiger partial charge in [-0.25, -0.2) is 15.8 Å². The van der Waals surface area contributed by atoms with Gasteiger partial charge in [-0.1, -0.05) is 30.3 Å². The lowest BCUT2D eigenvalue weighted by Gasteiger charge is -2.19. The molecule has 3 N–H and O–H groups in total. The number of hydrogen-bond donors (Lipinski definition) is 2. The van der Waals surface area contributed by atoms with Gasteiger partial charge in [-0.15, -0.1) is 0 Å². The van der Waals surface area contributed by atoms with Gasteiger partial charge >= 0.3 is 0 Å². The summed E-state index contributed by atoms with van der Waals surface area (Å²) >= 11 is 0. The highest BCUT2D eigenvalue weighted by Gasteiger charge is 2.09. The zero-order chi connectivity index (χ0) is 15.1. The minimum Gasteiger partial charge on any atom is -0.380 e. The van der Waals surface area contributed by atoms with Gasteiger partial charge < -0.3 is 15.1 Å². The van der Waals surface area contributed by atoms with Crippen LogP contribution in [-0.4, -0.2) is 36.8 Å². The van der Waals surface area contributed by atoms with E-state index in [4.69, 9.17) is 10.6 Å². The van der Waals surface area contributed by atoms with Crippen LogP contribution in [0.15, 0.2) is 36.4 Å². The third kappa shape index (κ3) is 4.14. The van der Waals surface area contributed by atoms with E-state index in [2.05, 4.69) is 15.4 Å². The molecule has 0 saturated heterocycles. The molecule has 0 aliphatic rings. The van der Waals surface area contributed by atoms with E-state index < -0.39 is 0 Å². The number of nitrogen functional groups attached to an aromatic ring is 1. The van der Waals surface area contributed by atoms with Crippen molar-refractivity contribution >= 4 is 11.6 Å². The number of nitrogens with one attached hydrogen (secondary N) is 1. The third-order valence-corrected chi connectivity index (χ3v) is 3.06. The van der Waals surface area contributed by atoms with E-state index in [0.717, 1.165) is 17.9 Å². The van der Waals surface area contributed by atoms with Crippen molar-refractivity contribution in [3.63, 3.8) is 0 Å². The Bertz CT molecular complexity index is 561. The first-order valence-corrected chi connectivity index (χ1v) is 6.94. The van der Waals surface area contributed by atoms with Gasteiger partial charge in [-0.3, -0.25) is 0 Å². The fourth-order valence-electron chi connectivity index (χ4n) is 1.88. The molecule has 0 saturated carbocycles. The van der Waals surface area contributed by atoms with Gasteiger partial charge in [0.05, 0.1) is 6.61 Å². The van der Waals surface area contributed by atoms with E-state index in [-0.39, 0.29) is 0 Å². The Kier molecular flexibility index (Phi) is 5.48. The minimum absolute atomic E-state index is 0.585. The van der Waals surface area contributed by atoms with Gasteiger partial charge in [0.2, 0.25) is 0 Å². The molecule has 1 aromatic carbocycles. The number of anilines is 2. The summed E-state index contributed by atoms with van der Waals surface area (Å²) in [6, 6.07) is 11.6. The van der Waals surface area contributed by atoms with Gasteiger partial charge in [0.25, 0.3) is 0 Å². The first-order valence-electron chi connectivity index (χ1n) is 6.94. The molecule has 2 rings (SSSR count). The highest BCUT2D eigenvalue weighted by atomic mass is 16.5. The van der Waals surface area contributed by atoms with Crippen LogP contribution < -0.4 is 16.2 Å². The van der Waals surface area contributed by atoms with Gasteiger partial charge in [0, 0.05) is 31.8 Å². The summed E-state index contributed by atoms with van der Waals surface area (Å²) in [4.78, 5) is 11.0. The predicted molar refractivity (Wildman–Crippen MR) is 85.0 cm³/mol.